The summed E-state index contributed by atoms with van der Waals surface area (Å²) in [6.07, 6.45) is 4.21. The van der Waals surface area contributed by atoms with Gasteiger partial charge in [0.25, 0.3) is 0 Å². The van der Waals surface area contributed by atoms with Crippen molar-refractivity contribution in [3.63, 3.8) is 0 Å². The largest absolute Gasteiger partial charge is 0.379 e. The molecular weight excluding hydrogens is 369 g/mol. The normalized spacial score (nSPS) is 22.4. The van der Waals surface area contributed by atoms with E-state index in [0.29, 0.717) is 18.9 Å². The molecule has 0 aromatic carbocycles. The summed E-state index contributed by atoms with van der Waals surface area (Å²) in [6.45, 7) is 4.43. The maximum Gasteiger partial charge on any atom is 0.223 e. The van der Waals surface area contributed by atoms with Gasteiger partial charge in [0.2, 0.25) is 11.9 Å². The van der Waals surface area contributed by atoms with Gasteiger partial charge >= 0.3 is 0 Å². The Hall–Kier alpha value is -2.13. The topological polar surface area (TPSA) is 89.0 Å². The van der Waals surface area contributed by atoms with Crippen molar-refractivity contribution in [2.75, 3.05) is 12.4 Å². The molecule has 9 heteroatoms. The lowest BCUT2D eigenvalue weighted by atomic mass is 9.83. The third-order valence-electron chi connectivity index (χ3n) is 4.82. The third kappa shape index (κ3) is 4.98. The number of halogens is 1. The first kappa shape index (κ1) is 19.6. The van der Waals surface area contributed by atoms with Crippen molar-refractivity contribution in [1.29, 1.82) is 0 Å². The smallest absolute Gasteiger partial charge is 0.223 e. The van der Waals surface area contributed by atoms with E-state index in [9.17, 15) is 9.18 Å². The van der Waals surface area contributed by atoms with E-state index in [-0.39, 0.29) is 24.0 Å². The number of ether oxygens (including phenoxy) is 1. The van der Waals surface area contributed by atoms with Gasteiger partial charge in [-0.05, 0) is 33.1 Å². The first-order chi connectivity index (χ1) is 13.0. The van der Waals surface area contributed by atoms with Crippen LogP contribution < -0.4 is 10.6 Å². The number of nitrogens with zero attached hydrogens (tertiary/aromatic N) is 3. The first-order valence-electron chi connectivity index (χ1n) is 8.93. The number of anilines is 1. The maximum absolute atomic E-state index is 12.9. The number of carbonyl (C=O) groups is 1. The minimum atomic E-state index is -0.476. The van der Waals surface area contributed by atoms with Gasteiger partial charge in [-0.3, -0.25) is 4.79 Å². The van der Waals surface area contributed by atoms with E-state index in [1.807, 2.05) is 13.8 Å². The molecule has 1 aliphatic carbocycles. The van der Waals surface area contributed by atoms with Crippen molar-refractivity contribution < 1.29 is 13.9 Å². The van der Waals surface area contributed by atoms with Crippen LogP contribution in [-0.4, -0.2) is 40.1 Å². The van der Waals surface area contributed by atoms with Gasteiger partial charge in [-0.1, -0.05) is 0 Å². The fraction of sp³-hybridized carbons (Fsp3) is 0.556. The molecule has 3 rings (SSSR count). The second kappa shape index (κ2) is 8.71. The summed E-state index contributed by atoms with van der Waals surface area (Å²) < 4.78 is 18.5. The fourth-order valence-corrected chi connectivity index (χ4v) is 4.27. The van der Waals surface area contributed by atoms with Crippen LogP contribution in [0.4, 0.5) is 10.3 Å². The Morgan fingerprint density at radius 3 is 2.70 bits per heavy atom. The molecule has 3 atom stereocenters. The van der Waals surface area contributed by atoms with Crippen LogP contribution in [0.3, 0.4) is 0 Å². The SMILES string of the molecule is CO[C@H]1C[C@@H](C(=O)NCc2sc(C)nc2C)CC[C@@H]1Nc1ncc(F)cn1. The molecule has 2 aromatic rings. The molecule has 0 aliphatic heterocycles. The van der Waals surface area contributed by atoms with Gasteiger partial charge in [0, 0.05) is 17.9 Å². The number of aryl methyl sites for hydroxylation is 2. The molecule has 0 radical (unpaired) electrons. The molecule has 1 saturated carbocycles. The Labute approximate surface area is 161 Å². The number of thiazole rings is 1. The fourth-order valence-electron chi connectivity index (χ4n) is 3.39. The van der Waals surface area contributed by atoms with Gasteiger partial charge in [0.05, 0.1) is 41.8 Å². The standard InChI is InChI=1S/C18H24FN5O2S/c1-10-16(27-11(2)23-10)9-20-17(25)12-4-5-14(15(6-12)26-3)24-18-21-7-13(19)8-22-18/h7-8,12,14-15H,4-6,9H2,1-3H3,(H,20,25)(H,21,22,24)/t12-,14-,15-/m0/s1. The summed E-state index contributed by atoms with van der Waals surface area (Å²) in [5, 5.41) is 7.22. The predicted molar refractivity (Wildman–Crippen MR) is 101 cm³/mol. The molecule has 2 aromatic heterocycles. The lowest BCUT2D eigenvalue weighted by molar-refractivity contribution is -0.127. The molecule has 0 saturated heterocycles. The number of hydrogen-bond acceptors (Lipinski definition) is 7. The minimum Gasteiger partial charge on any atom is -0.379 e. The highest BCUT2D eigenvalue weighted by Gasteiger charge is 2.34. The quantitative estimate of drug-likeness (QED) is 0.784. The Balaban J connectivity index is 1.54. The first-order valence-corrected chi connectivity index (χ1v) is 9.75. The van der Waals surface area contributed by atoms with Crippen LogP contribution in [0.1, 0.15) is 34.8 Å². The predicted octanol–water partition coefficient (Wildman–Crippen LogP) is 2.60. The van der Waals surface area contributed by atoms with E-state index >= 15 is 0 Å². The van der Waals surface area contributed by atoms with E-state index < -0.39 is 5.82 Å². The van der Waals surface area contributed by atoms with Gasteiger partial charge in [-0.25, -0.2) is 19.3 Å². The number of amides is 1. The summed E-state index contributed by atoms with van der Waals surface area (Å²) in [5.41, 5.74) is 0.972. The zero-order chi connectivity index (χ0) is 19.4. The molecule has 0 unspecified atom stereocenters. The molecule has 2 N–H and O–H groups in total. The van der Waals surface area contributed by atoms with Crippen molar-refractivity contribution >= 4 is 23.2 Å². The molecule has 146 valence electrons. The number of methoxy groups -OCH3 is 1. The van der Waals surface area contributed by atoms with Crippen molar-refractivity contribution in [3.05, 3.63) is 33.8 Å². The highest BCUT2D eigenvalue weighted by atomic mass is 32.1. The van der Waals surface area contributed by atoms with Crippen LogP contribution in [-0.2, 0) is 16.1 Å². The van der Waals surface area contributed by atoms with Gasteiger partial charge in [-0.15, -0.1) is 11.3 Å². The highest BCUT2D eigenvalue weighted by molar-refractivity contribution is 7.11. The number of aromatic nitrogens is 3. The molecule has 1 fully saturated rings. The van der Waals surface area contributed by atoms with Crippen molar-refractivity contribution in [2.45, 2.75) is 51.8 Å². The van der Waals surface area contributed by atoms with Crippen LogP contribution in [0.5, 0.6) is 0 Å². The monoisotopic (exact) mass is 393 g/mol. The van der Waals surface area contributed by atoms with Crippen LogP contribution in [0.2, 0.25) is 0 Å². The summed E-state index contributed by atoms with van der Waals surface area (Å²) in [6, 6.07) is -0.0177. The summed E-state index contributed by atoms with van der Waals surface area (Å²) in [5.74, 6) is -0.173. The highest BCUT2D eigenvalue weighted by Crippen LogP contribution is 2.28. The Morgan fingerprint density at radius 2 is 2.07 bits per heavy atom. The molecule has 2 heterocycles. The Kier molecular flexibility index (Phi) is 6.33. The summed E-state index contributed by atoms with van der Waals surface area (Å²) >= 11 is 1.61. The van der Waals surface area contributed by atoms with Gasteiger partial charge in [0.15, 0.2) is 5.82 Å². The molecule has 1 amide bonds. The zero-order valence-corrected chi connectivity index (χ0v) is 16.5. The van der Waals surface area contributed by atoms with Gasteiger partial charge in [-0.2, -0.15) is 0 Å². The number of nitrogens with one attached hydrogen (secondary N) is 2. The second-order valence-electron chi connectivity index (χ2n) is 6.72. The van der Waals surface area contributed by atoms with Crippen molar-refractivity contribution in [3.8, 4) is 0 Å². The van der Waals surface area contributed by atoms with Crippen LogP contribution >= 0.6 is 11.3 Å². The summed E-state index contributed by atoms with van der Waals surface area (Å²) in [7, 11) is 1.63. The molecule has 1 aliphatic rings. The van der Waals surface area contributed by atoms with Crippen LogP contribution in [0, 0.1) is 25.6 Å². The lowest BCUT2D eigenvalue weighted by Gasteiger charge is -2.35. The van der Waals surface area contributed by atoms with E-state index in [1.54, 1.807) is 18.4 Å². The number of hydrogen-bond donors (Lipinski definition) is 2. The summed E-state index contributed by atoms with van der Waals surface area (Å²) in [4.78, 5) is 25.9. The molecule has 0 spiro atoms. The Bertz CT molecular complexity index is 783. The second-order valence-corrected chi connectivity index (χ2v) is 8.01. The molecular formula is C18H24FN5O2S. The van der Waals surface area contributed by atoms with Crippen molar-refractivity contribution in [2.24, 2.45) is 5.92 Å². The Morgan fingerprint density at radius 1 is 1.33 bits per heavy atom. The van der Waals surface area contributed by atoms with Gasteiger partial charge < -0.3 is 15.4 Å². The van der Waals surface area contributed by atoms with E-state index in [0.717, 1.165) is 40.8 Å². The van der Waals surface area contributed by atoms with E-state index in [2.05, 4.69) is 25.6 Å². The average Bonchev–Trinajstić information content (AvgIpc) is 2.99. The van der Waals surface area contributed by atoms with E-state index in [1.165, 1.54) is 0 Å². The lowest BCUT2D eigenvalue weighted by Crippen LogP contribution is -2.44. The molecule has 7 nitrogen and oxygen atoms in total. The van der Waals surface area contributed by atoms with Crippen molar-refractivity contribution in [1.82, 2.24) is 20.3 Å². The minimum absolute atomic E-state index is 0.0177. The number of rotatable bonds is 6. The van der Waals surface area contributed by atoms with Gasteiger partial charge in [0.1, 0.15) is 0 Å². The maximum atomic E-state index is 12.9. The average molecular weight is 393 g/mol. The van der Waals surface area contributed by atoms with Crippen LogP contribution in [0.15, 0.2) is 12.4 Å². The molecule has 0 bridgehead atoms. The van der Waals surface area contributed by atoms with Crippen LogP contribution in [0.25, 0.3) is 0 Å². The third-order valence-corrected chi connectivity index (χ3v) is 5.90. The van der Waals surface area contributed by atoms with E-state index in [4.69, 9.17) is 4.74 Å². The molecule has 27 heavy (non-hydrogen) atoms. The number of carbonyl (C=O) groups excluding carboxylic acids is 1. The zero-order valence-electron chi connectivity index (χ0n) is 15.7.